The van der Waals surface area contributed by atoms with E-state index in [1.54, 1.807) is 18.2 Å². The van der Waals surface area contributed by atoms with Crippen LogP contribution in [0.2, 0.25) is 0 Å². The van der Waals surface area contributed by atoms with E-state index < -0.39 is 7.60 Å². The van der Waals surface area contributed by atoms with E-state index in [4.69, 9.17) is 0 Å². The van der Waals surface area contributed by atoms with Crippen molar-refractivity contribution in [2.75, 3.05) is 19.0 Å². The molecule has 0 saturated carbocycles. The monoisotopic (exact) mass is 362 g/mol. The van der Waals surface area contributed by atoms with Crippen molar-refractivity contribution < 1.29 is 19.1 Å². The molecule has 2 aromatic carbocycles. The lowest BCUT2D eigenvalue weighted by Gasteiger charge is -2.11. The summed E-state index contributed by atoms with van der Waals surface area (Å²) in [6.07, 6.45) is 0. The summed E-state index contributed by atoms with van der Waals surface area (Å²) in [6, 6.07) is 11.5. The van der Waals surface area contributed by atoms with Gasteiger partial charge in [-0.15, -0.1) is 11.3 Å². The van der Waals surface area contributed by atoms with E-state index in [9.17, 15) is 19.1 Å². The second-order valence-corrected chi connectivity index (χ2v) is 8.12. The number of anilines is 1. The Morgan fingerprint density at radius 3 is 2.38 bits per heavy atom. The van der Waals surface area contributed by atoms with Crippen LogP contribution in [0, 0.1) is 0 Å². The van der Waals surface area contributed by atoms with Crippen LogP contribution < -0.4 is 10.2 Å². The smallest absolute Gasteiger partial charge is 0.356 e. The van der Waals surface area contributed by atoms with Crippen LogP contribution in [0.1, 0.15) is 15.4 Å². The first kappa shape index (κ1) is 16.8. The fourth-order valence-corrected chi connectivity index (χ4v) is 3.70. The van der Waals surface area contributed by atoms with Crippen LogP contribution in [0.25, 0.3) is 10.2 Å². The number of thiazole rings is 1. The van der Waals surface area contributed by atoms with Crippen molar-refractivity contribution in [2.45, 2.75) is 0 Å². The molecule has 124 valence electrons. The lowest BCUT2D eigenvalue weighted by Crippen LogP contribution is -2.09. The fraction of sp³-hybridized carbons (Fsp3) is 0.125. The fourth-order valence-electron chi connectivity index (χ4n) is 2.23. The molecule has 0 saturated heterocycles. The molecule has 24 heavy (non-hydrogen) atoms. The highest BCUT2D eigenvalue weighted by Gasteiger charge is 2.20. The van der Waals surface area contributed by atoms with Crippen LogP contribution in [0.4, 0.5) is 5.69 Å². The Balaban J connectivity index is 1.96. The molecule has 2 N–H and O–H groups in total. The lowest BCUT2D eigenvalue weighted by atomic mass is 10.1. The van der Waals surface area contributed by atoms with Crippen LogP contribution in [0.5, 0.6) is 0 Å². The van der Waals surface area contributed by atoms with Gasteiger partial charge in [0.2, 0.25) is 5.78 Å². The first-order chi connectivity index (χ1) is 11.3. The van der Waals surface area contributed by atoms with Gasteiger partial charge in [-0.2, -0.15) is 0 Å². The number of ketones is 1. The Kier molecular flexibility index (Phi) is 4.27. The number of rotatable bonds is 4. The van der Waals surface area contributed by atoms with Gasteiger partial charge in [-0.25, -0.2) is 4.98 Å². The van der Waals surface area contributed by atoms with Gasteiger partial charge in [0.25, 0.3) is 0 Å². The standard InChI is InChI=1S/C16H15N2O4PS/c1-18(2)11-5-3-10(4-6-11)15(19)16-17-13-9-12(23(20,21)22)7-8-14(13)24-16/h3-9H,1-2H3,(H2,20,21,22). The zero-order valence-corrected chi connectivity index (χ0v) is 14.7. The largest absolute Gasteiger partial charge is 0.378 e. The summed E-state index contributed by atoms with van der Waals surface area (Å²) in [7, 11) is -0.496. The average molecular weight is 362 g/mol. The number of fused-ring (bicyclic) bond motifs is 1. The molecule has 1 heterocycles. The van der Waals surface area contributed by atoms with Crippen LogP contribution >= 0.6 is 18.9 Å². The SMILES string of the molecule is CN(C)c1ccc(C(=O)c2nc3cc(P(=O)(O)O)ccc3s2)cc1. The third-order valence-electron chi connectivity index (χ3n) is 3.55. The highest BCUT2D eigenvalue weighted by atomic mass is 32.1. The van der Waals surface area contributed by atoms with Gasteiger partial charge in [0.05, 0.1) is 15.5 Å². The minimum atomic E-state index is -4.33. The molecule has 0 fully saturated rings. The third kappa shape index (κ3) is 3.25. The van der Waals surface area contributed by atoms with E-state index in [0.717, 1.165) is 5.69 Å². The molecule has 0 unspecified atom stereocenters. The van der Waals surface area contributed by atoms with Crippen LogP contribution in [0.15, 0.2) is 42.5 Å². The number of carbonyl (C=O) groups is 1. The molecule has 0 atom stereocenters. The molecule has 0 bridgehead atoms. The van der Waals surface area contributed by atoms with Crippen molar-refractivity contribution in [3.63, 3.8) is 0 Å². The highest BCUT2D eigenvalue weighted by Crippen LogP contribution is 2.35. The maximum absolute atomic E-state index is 12.6. The molecule has 8 heteroatoms. The van der Waals surface area contributed by atoms with E-state index in [-0.39, 0.29) is 11.1 Å². The van der Waals surface area contributed by atoms with E-state index in [2.05, 4.69) is 4.98 Å². The van der Waals surface area contributed by atoms with Crippen molar-refractivity contribution in [3.8, 4) is 0 Å². The molecule has 3 rings (SSSR count). The quantitative estimate of drug-likeness (QED) is 0.547. The second-order valence-electron chi connectivity index (χ2n) is 5.49. The van der Waals surface area contributed by atoms with Gasteiger partial charge in [-0.3, -0.25) is 9.36 Å². The van der Waals surface area contributed by atoms with Crippen molar-refractivity contribution in [1.29, 1.82) is 0 Å². The van der Waals surface area contributed by atoms with E-state index in [1.165, 1.54) is 23.5 Å². The molecule has 0 radical (unpaired) electrons. The molecule has 0 amide bonds. The van der Waals surface area contributed by atoms with E-state index in [1.807, 2.05) is 31.1 Å². The zero-order valence-electron chi connectivity index (χ0n) is 13.0. The van der Waals surface area contributed by atoms with E-state index in [0.29, 0.717) is 20.8 Å². The van der Waals surface area contributed by atoms with Crippen LogP contribution in [0.3, 0.4) is 0 Å². The van der Waals surface area contributed by atoms with Crippen molar-refractivity contribution in [2.24, 2.45) is 0 Å². The summed E-state index contributed by atoms with van der Waals surface area (Å²) >= 11 is 1.21. The number of nitrogens with zero attached hydrogens (tertiary/aromatic N) is 2. The number of aromatic nitrogens is 1. The van der Waals surface area contributed by atoms with Gasteiger partial charge >= 0.3 is 7.60 Å². The predicted molar refractivity (Wildman–Crippen MR) is 95.5 cm³/mol. The van der Waals surface area contributed by atoms with Crippen LogP contribution in [-0.2, 0) is 4.57 Å². The molecule has 0 aliphatic heterocycles. The number of benzene rings is 2. The predicted octanol–water partition coefficient (Wildman–Crippen LogP) is 2.40. The molecular weight excluding hydrogens is 347 g/mol. The Hall–Kier alpha value is -2.05. The number of carbonyl (C=O) groups excluding carboxylic acids is 1. The highest BCUT2D eigenvalue weighted by molar-refractivity contribution is 7.60. The summed E-state index contributed by atoms with van der Waals surface area (Å²) in [5, 5.41) is 0.195. The zero-order chi connectivity index (χ0) is 17.5. The minimum absolute atomic E-state index is 0.102. The summed E-state index contributed by atoms with van der Waals surface area (Å²) in [5.74, 6) is -0.209. The average Bonchev–Trinajstić information content (AvgIpc) is 2.96. The summed E-state index contributed by atoms with van der Waals surface area (Å²) in [6.45, 7) is 0. The van der Waals surface area contributed by atoms with Crippen molar-refractivity contribution >= 4 is 45.9 Å². The van der Waals surface area contributed by atoms with Crippen molar-refractivity contribution in [1.82, 2.24) is 4.98 Å². The normalized spacial score (nSPS) is 11.7. The molecular formula is C16H15N2O4PS. The Bertz CT molecular complexity index is 960. The molecule has 6 nitrogen and oxygen atoms in total. The topological polar surface area (TPSA) is 90.7 Å². The minimum Gasteiger partial charge on any atom is -0.378 e. The van der Waals surface area contributed by atoms with Gasteiger partial charge in [-0.05, 0) is 42.5 Å². The van der Waals surface area contributed by atoms with Gasteiger partial charge in [0.1, 0.15) is 0 Å². The lowest BCUT2D eigenvalue weighted by molar-refractivity contribution is 0.103. The van der Waals surface area contributed by atoms with Crippen LogP contribution in [-0.4, -0.2) is 34.6 Å². The van der Waals surface area contributed by atoms with Gasteiger partial charge in [-0.1, -0.05) is 0 Å². The number of hydrogen-bond donors (Lipinski definition) is 2. The maximum atomic E-state index is 12.6. The Morgan fingerprint density at radius 2 is 1.79 bits per heavy atom. The maximum Gasteiger partial charge on any atom is 0.356 e. The van der Waals surface area contributed by atoms with Crippen molar-refractivity contribution in [3.05, 3.63) is 53.0 Å². The second kappa shape index (κ2) is 6.11. The Morgan fingerprint density at radius 1 is 1.12 bits per heavy atom. The van der Waals surface area contributed by atoms with Gasteiger partial charge in [0.15, 0.2) is 5.01 Å². The molecule has 0 aliphatic carbocycles. The van der Waals surface area contributed by atoms with Gasteiger partial charge < -0.3 is 14.7 Å². The summed E-state index contributed by atoms with van der Waals surface area (Å²) in [4.78, 5) is 37.2. The first-order valence-electron chi connectivity index (χ1n) is 7.04. The third-order valence-corrected chi connectivity index (χ3v) is 5.53. The molecule has 3 aromatic rings. The molecule has 1 aromatic heterocycles. The molecule has 0 spiro atoms. The van der Waals surface area contributed by atoms with Gasteiger partial charge in [0, 0.05) is 25.3 Å². The molecule has 0 aliphatic rings. The van der Waals surface area contributed by atoms with E-state index >= 15 is 0 Å². The first-order valence-corrected chi connectivity index (χ1v) is 9.47. The Labute approximate surface area is 142 Å². The summed E-state index contributed by atoms with van der Waals surface area (Å²) < 4.78 is 12.0. The summed E-state index contributed by atoms with van der Waals surface area (Å²) in [5.41, 5.74) is 1.92. The number of hydrogen-bond acceptors (Lipinski definition) is 5.